The highest BCUT2D eigenvalue weighted by molar-refractivity contribution is 5.89. The average molecular weight is 396 g/mol. The zero-order chi connectivity index (χ0) is 19.4. The van der Waals surface area contributed by atoms with E-state index in [1.165, 1.54) is 58.0 Å². The molecule has 154 valence electrons. The number of piperidine rings is 1. The van der Waals surface area contributed by atoms with E-state index >= 15 is 0 Å². The summed E-state index contributed by atoms with van der Waals surface area (Å²) in [6, 6.07) is 2.09. The number of anilines is 1. The fourth-order valence-electron chi connectivity index (χ4n) is 6.36. The van der Waals surface area contributed by atoms with E-state index in [1.807, 2.05) is 0 Å². The molecular weight excluding hydrogens is 366 g/mol. The van der Waals surface area contributed by atoms with Crippen molar-refractivity contribution in [1.29, 1.82) is 0 Å². The van der Waals surface area contributed by atoms with Crippen LogP contribution in [0.25, 0.3) is 10.9 Å². The second-order valence-electron chi connectivity index (χ2n) is 9.58. The van der Waals surface area contributed by atoms with Gasteiger partial charge in [0.1, 0.15) is 12.4 Å². The third kappa shape index (κ3) is 3.01. The van der Waals surface area contributed by atoms with Gasteiger partial charge < -0.3 is 14.6 Å². The van der Waals surface area contributed by atoms with Crippen molar-refractivity contribution >= 4 is 16.7 Å². The molecule has 0 radical (unpaired) electrons. The number of nitrogens with zero attached hydrogens (tertiary/aromatic N) is 4. The van der Waals surface area contributed by atoms with Crippen molar-refractivity contribution in [3.63, 3.8) is 0 Å². The number of H-pyrrole nitrogens is 1. The molecule has 2 aromatic rings. The molecule has 1 saturated carbocycles. The molecule has 29 heavy (non-hydrogen) atoms. The van der Waals surface area contributed by atoms with E-state index in [0.29, 0.717) is 12.6 Å². The largest absolute Gasteiger partial charge is 0.461 e. The molecule has 4 aliphatic rings. The summed E-state index contributed by atoms with van der Waals surface area (Å²) in [5, 5.41) is 0.837. The van der Waals surface area contributed by atoms with Gasteiger partial charge in [-0.15, -0.1) is 0 Å². The van der Waals surface area contributed by atoms with Crippen LogP contribution in [-0.4, -0.2) is 58.2 Å². The summed E-state index contributed by atoms with van der Waals surface area (Å²) in [5.74, 6) is 2.36. The number of hydrogen-bond donors (Lipinski definition) is 1. The van der Waals surface area contributed by atoms with Crippen molar-refractivity contribution in [1.82, 2.24) is 19.9 Å². The minimum atomic E-state index is -0.109. The van der Waals surface area contributed by atoms with Crippen LogP contribution in [0.1, 0.15) is 44.9 Å². The second-order valence-corrected chi connectivity index (χ2v) is 9.58. The molecule has 4 fully saturated rings. The Labute approximate surface area is 170 Å². The van der Waals surface area contributed by atoms with E-state index in [2.05, 4.69) is 19.8 Å². The van der Waals surface area contributed by atoms with Crippen molar-refractivity contribution < 1.29 is 4.74 Å². The first-order valence-corrected chi connectivity index (χ1v) is 11.2. The minimum Gasteiger partial charge on any atom is -0.461 e. The van der Waals surface area contributed by atoms with E-state index in [9.17, 15) is 4.79 Å². The zero-order valence-corrected chi connectivity index (χ0v) is 16.9. The van der Waals surface area contributed by atoms with E-state index < -0.39 is 0 Å². The Morgan fingerprint density at radius 2 is 1.90 bits per heavy atom. The first-order chi connectivity index (χ1) is 14.2. The van der Waals surface area contributed by atoms with Gasteiger partial charge in [-0.25, -0.2) is 0 Å². The maximum Gasteiger partial charge on any atom is 0.319 e. The van der Waals surface area contributed by atoms with E-state index in [0.717, 1.165) is 41.6 Å². The number of aromatic amines is 1. The number of ether oxygens (including phenoxy) is 1. The van der Waals surface area contributed by atoms with Crippen LogP contribution in [0.4, 0.5) is 5.82 Å². The van der Waals surface area contributed by atoms with Crippen molar-refractivity contribution in [3.05, 3.63) is 22.6 Å². The molecular formula is C22H29N5O2. The molecule has 2 bridgehead atoms. The zero-order valence-electron chi connectivity index (χ0n) is 16.9. The molecule has 3 aliphatic heterocycles. The Balaban J connectivity index is 1.34. The number of pyridine rings is 1. The Kier molecular flexibility index (Phi) is 4.08. The lowest BCUT2D eigenvalue weighted by molar-refractivity contribution is 0.108. The standard InChI is InChI=1S/C22H29N5O2/c28-19-10-17-18(11-23-19)24-21(29-14-22-5-1-7-27(22)8-2-6-22)25-20(17)26-12-15-3-4-16(9-15)13-26/h10-11,15-16H,1-9,12-14H2,(H,23,28). The van der Waals surface area contributed by atoms with Gasteiger partial charge in [0, 0.05) is 25.4 Å². The molecule has 0 amide bonds. The van der Waals surface area contributed by atoms with E-state index in [1.54, 1.807) is 12.3 Å². The number of rotatable bonds is 4. The Morgan fingerprint density at radius 3 is 2.66 bits per heavy atom. The van der Waals surface area contributed by atoms with Crippen molar-refractivity contribution in [2.24, 2.45) is 11.8 Å². The number of hydrogen-bond acceptors (Lipinski definition) is 6. The number of nitrogens with one attached hydrogen (secondary N) is 1. The van der Waals surface area contributed by atoms with Gasteiger partial charge in [-0.1, -0.05) is 0 Å². The van der Waals surface area contributed by atoms with Crippen LogP contribution in [-0.2, 0) is 0 Å². The fraction of sp³-hybridized carbons (Fsp3) is 0.682. The van der Waals surface area contributed by atoms with Crippen LogP contribution in [0, 0.1) is 11.8 Å². The average Bonchev–Trinajstić information content (AvgIpc) is 3.39. The Bertz CT molecular complexity index is 967. The van der Waals surface area contributed by atoms with E-state index in [4.69, 9.17) is 9.72 Å². The Hall–Kier alpha value is -2.15. The molecule has 0 aromatic carbocycles. The third-order valence-electron chi connectivity index (χ3n) is 7.75. The quantitative estimate of drug-likeness (QED) is 0.858. The van der Waals surface area contributed by atoms with Gasteiger partial charge in [-0.3, -0.25) is 9.69 Å². The van der Waals surface area contributed by atoms with Gasteiger partial charge >= 0.3 is 6.01 Å². The van der Waals surface area contributed by atoms with Crippen LogP contribution < -0.4 is 15.2 Å². The first-order valence-electron chi connectivity index (χ1n) is 11.2. The lowest BCUT2D eigenvalue weighted by Crippen LogP contribution is -2.43. The highest BCUT2D eigenvalue weighted by atomic mass is 16.5. The predicted octanol–water partition coefficient (Wildman–Crippen LogP) is 2.56. The normalized spacial score (nSPS) is 28.2. The monoisotopic (exact) mass is 395 g/mol. The molecule has 0 spiro atoms. The molecule has 3 saturated heterocycles. The van der Waals surface area contributed by atoms with Gasteiger partial charge in [0.05, 0.1) is 16.4 Å². The molecule has 2 aromatic heterocycles. The van der Waals surface area contributed by atoms with Crippen molar-refractivity contribution in [2.75, 3.05) is 37.7 Å². The number of aromatic nitrogens is 3. The lowest BCUT2D eigenvalue weighted by atomic mass is 9.95. The SMILES string of the molecule is O=c1cc2c(N3CC4CCC(C4)C3)nc(OCC34CCCN3CCC4)nc2c[nH]1. The van der Waals surface area contributed by atoms with Crippen LogP contribution in [0.5, 0.6) is 6.01 Å². The van der Waals surface area contributed by atoms with Gasteiger partial charge in [0.25, 0.3) is 0 Å². The summed E-state index contributed by atoms with van der Waals surface area (Å²) < 4.78 is 6.25. The van der Waals surface area contributed by atoms with Crippen molar-refractivity contribution in [2.45, 2.75) is 50.5 Å². The maximum atomic E-state index is 12.0. The minimum absolute atomic E-state index is 0.109. The molecule has 2 atom stereocenters. The highest BCUT2D eigenvalue weighted by Gasteiger charge is 2.45. The summed E-state index contributed by atoms with van der Waals surface area (Å²) in [4.78, 5) is 29.2. The first kappa shape index (κ1) is 17.7. The van der Waals surface area contributed by atoms with Gasteiger partial charge in [-0.05, 0) is 69.9 Å². The van der Waals surface area contributed by atoms with E-state index in [-0.39, 0.29) is 11.1 Å². The van der Waals surface area contributed by atoms with Gasteiger partial charge in [-0.2, -0.15) is 9.97 Å². The lowest BCUT2D eigenvalue weighted by Gasteiger charge is -2.34. The maximum absolute atomic E-state index is 12.0. The smallest absolute Gasteiger partial charge is 0.319 e. The van der Waals surface area contributed by atoms with Crippen LogP contribution in [0.3, 0.4) is 0 Å². The Morgan fingerprint density at radius 1 is 1.14 bits per heavy atom. The number of fused-ring (bicyclic) bond motifs is 4. The van der Waals surface area contributed by atoms with Gasteiger partial charge in [0.2, 0.25) is 5.56 Å². The molecule has 5 heterocycles. The molecule has 7 nitrogen and oxygen atoms in total. The molecule has 2 unspecified atom stereocenters. The fourth-order valence-corrected chi connectivity index (χ4v) is 6.36. The topological polar surface area (TPSA) is 74.4 Å². The van der Waals surface area contributed by atoms with Crippen LogP contribution in [0.2, 0.25) is 0 Å². The molecule has 6 rings (SSSR count). The molecule has 1 N–H and O–H groups in total. The third-order valence-corrected chi connectivity index (χ3v) is 7.75. The highest BCUT2D eigenvalue weighted by Crippen LogP contribution is 2.41. The predicted molar refractivity (Wildman–Crippen MR) is 111 cm³/mol. The van der Waals surface area contributed by atoms with Crippen LogP contribution in [0.15, 0.2) is 17.1 Å². The molecule has 7 heteroatoms. The summed E-state index contributed by atoms with van der Waals surface area (Å²) in [7, 11) is 0. The van der Waals surface area contributed by atoms with Gasteiger partial charge in [0.15, 0.2) is 0 Å². The summed E-state index contributed by atoms with van der Waals surface area (Å²) in [6.07, 6.45) is 10.6. The van der Waals surface area contributed by atoms with Crippen LogP contribution >= 0.6 is 0 Å². The summed E-state index contributed by atoms with van der Waals surface area (Å²) >= 11 is 0. The summed E-state index contributed by atoms with van der Waals surface area (Å²) in [5.41, 5.74) is 0.824. The van der Waals surface area contributed by atoms with Crippen molar-refractivity contribution in [3.8, 4) is 6.01 Å². The summed E-state index contributed by atoms with van der Waals surface area (Å²) in [6.45, 7) is 5.07. The molecule has 1 aliphatic carbocycles. The second kappa shape index (κ2) is 6.69.